The number of hydrogen-bond donors (Lipinski definition) is 3. The zero-order valence-corrected chi connectivity index (χ0v) is 34.2. The minimum atomic E-state index is -4.30. The molecule has 0 aliphatic rings. The maximum absolute atomic E-state index is 12.4. The minimum Gasteiger partial charge on any atom is -0.492 e. The Kier molecular flexibility index (Phi) is 37.8. The van der Waals surface area contributed by atoms with Crippen LogP contribution in [0.3, 0.4) is 0 Å². The maximum Gasteiger partial charge on any atom is 0.472 e. The molecule has 0 aliphatic carbocycles. The number of aliphatic hydroxyl groups excluding tert-OH is 1. The summed E-state index contributed by atoms with van der Waals surface area (Å²) >= 11 is 0. The highest BCUT2D eigenvalue weighted by atomic mass is 31.2. The first kappa shape index (κ1) is 50.7. The molecule has 0 saturated carbocycles. The fourth-order valence-electron chi connectivity index (χ4n) is 5.10. The number of allylic oxidation sites excluding steroid dienone is 9. The molecule has 0 bridgehead atoms. The van der Waals surface area contributed by atoms with Crippen LogP contribution in [0.5, 0.6) is 0 Å². The molecule has 0 radical (unpaired) electrons. The highest BCUT2D eigenvalue weighted by molar-refractivity contribution is 7.47. The van der Waals surface area contributed by atoms with Crippen LogP contribution in [-0.4, -0.2) is 54.5 Å². The second kappa shape index (κ2) is 39.4. The number of phosphoric ester groups is 1. The second-order valence-electron chi connectivity index (χ2n) is 13.4. The van der Waals surface area contributed by atoms with Gasteiger partial charge in [-0.15, -0.1) is 0 Å². The minimum absolute atomic E-state index is 0.0768. The highest BCUT2D eigenvalue weighted by Crippen LogP contribution is 2.43. The van der Waals surface area contributed by atoms with Crippen LogP contribution >= 0.6 is 7.82 Å². The van der Waals surface area contributed by atoms with Crippen LogP contribution < -0.4 is 5.73 Å². The van der Waals surface area contributed by atoms with Crippen LogP contribution in [0.4, 0.5) is 0 Å². The average molecular weight is 766 g/mol. The van der Waals surface area contributed by atoms with Crippen LogP contribution in [0.1, 0.15) is 155 Å². The Morgan fingerprint density at radius 2 is 1.25 bits per heavy atom. The lowest BCUT2D eigenvalue weighted by Crippen LogP contribution is -2.25. The van der Waals surface area contributed by atoms with Gasteiger partial charge in [0.15, 0.2) is 6.10 Å². The lowest BCUT2D eigenvalue weighted by atomic mass is 10.1. The summed E-state index contributed by atoms with van der Waals surface area (Å²) in [6.07, 6.45) is 46.1. The van der Waals surface area contributed by atoms with Gasteiger partial charge in [0.2, 0.25) is 0 Å². The molecule has 2 unspecified atom stereocenters. The Hall–Kier alpha value is -2.26. The molecular formula is C43H76NO8P. The predicted molar refractivity (Wildman–Crippen MR) is 220 cm³/mol. The third-order valence-corrected chi connectivity index (χ3v) is 9.25. The first-order valence-corrected chi connectivity index (χ1v) is 22.1. The number of phosphoric acid groups is 1. The zero-order valence-electron chi connectivity index (χ0n) is 33.3. The van der Waals surface area contributed by atoms with Gasteiger partial charge >= 0.3 is 13.8 Å². The van der Waals surface area contributed by atoms with E-state index in [1.807, 2.05) is 30.4 Å². The molecule has 0 fully saturated rings. The van der Waals surface area contributed by atoms with Crippen molar-refractivity contribution in [1.29, 1.82) is 0 Å². The lowest BCUT2D eigenvalue weighted by Gasteiger charge is -2.19. The molecule has 0 aromatic carbocycles. The van der Waals surface area contributed by atoms with Crippen molar-refractivity contribution in [2.75, 3.05) is 26.4 Å². The van der Waals surface area contributed by atoms with Crippen LogP contribution in [0.25, 0.3) is 0 Å². The van der Waals surface area contributed by atoms with Gasteiger partial charge in [-0.2, -0.15) is 0 Å². The van der Waals surface area contributed by atoms with E-state index in [1.165, 1.54) is 83.5 Å². The first-order chi connectivity index (χ1) is 25.8. The molecule has 0 aromatic heterocycles. The van der Waals surface area contributed by atoms with Crippen molar-refractivity contribution in [3.05, 3.63) is 73.1 Å². The molecule has 10 heteroatoms. The van der Waals surface area contributed by atoms with Gasteiger partial charge in [0.05, 0.1) is 25.6 Å². The number of nitrogens with two attached hydrogens (primary N) is 1. The van der Waals surface area contributed by atoms with E-state index in [4.69, 9.17) is 24.3 Å². The standard InChI is InChI=1S/C43H76NO8P/c1-3-5-7-9-11-13-14-15-16-17-18-19-21-23-28-32-37-49-42(40-52-53(47,48)51-38-36-44)39-50-43(46)35-31-27-24-26-30-34-41(45)33-29-25-22-20-12-10-8-6-4-2/h12-14,20,24-26,29-30,32,34,37,41-42,45H,3-11,15-19,21-23,27-28,31,33,35-36,38-40,44H2,1-2H3,(H,47,48)/b14-13-,20-12-,26-24+,29-25-,34-30-,37-32+/t41?,42-/m1/s1. The summed E-state index contributed by atoms with van der Waals surface area (Å²) in [7, 11) is -4.30. The van der Waals surface area contributed by atoms with Gasteiger partial charge in [0.1, 0.15) is 6.61 Å². The average Bonchev–Trinajstić information content (AvgIpc) is 3.14. The van der Waals surface area contributed by atoms with Gasteiger partial charge in [-0.05, 0) is 83.1 Å². The van der Waals surface area contributed by atoms with E-state index in [9.17, 15) is 19.4 Å². The van der Waals surface area contributed by atoms with E-state index in [0.29, 0.717) is 19.3 Å². The molecule has 0 saturated heterocycles. The number of carbonyl (C=O) groups is 1. The molecule has 0 aliphatic heterocycles. The van der Waals surface area contributed by atoms with E-state index in [1.54, 1.807) is 12.3 Å². The fourth-order valence-corrected chi connectivity index (χ4v) is 5.87. The second-order valence-corrected chi connectivity index (χ2v) is 14.9. The molecule has 306 valence electrons. The van der Waals surface area contributed by atoms with Gasteiger partial charge in [-0.1, -0.05) is 132 Å². The largest absolute Gasteiger partial charge is 0.492 e. The smallest absolute Gasteiger partial charge is 0.472 e. The number of unbranched alkanes of at least 4 members (excludes halogenated alkanes) is 15. The summed E-state index contributed by atoms with van der Waals surface area (Å²) < 4.78 is 33.0. The normalized spacial score (nSPS) is 14.8. The van der Waals surface area contributed by atoms with E-state index < -0.39 is 26.0 Å². The van der Waals surface area contributed by atoms with E-state index in [-0.39, 0.29) is 32.8 Å². The molecule has 0 rings (SSSR count). The highest BCUT2D eigenvalue weighted by Gasteiger charge is 2.24. The van der Waals surface area contributed by atoms with Gasteiger partial charge in [0, 0.05) is 13.0 Å². The number of carbonyl (C=O) groups excluding carboxylic acids is 1. The third kappa shape index (κ3) is 39.3. The topological polar surface area (TPSA) is 138 Å². The maximum atomic E-state index is 12.4. The summed E-state index contributed by atoms with van der Waals surface area (Å²) in [5.41, 5.74) is 5.35. The third-order valence-electron chi connectivity index (χ3n) is 8.27. The monoisotopic (exact) mass is 766 g/mol. The Bertz CT molecular complexity index is 1050. The molecule has 0 amide bonds. The Balaban J connectivity index is 4.32. The van der Waals surface area contributed by atoms with Crippen LogP contribution in [0, 0.1) is 0 Å². The van der Waals surface area contributed by atoms with Gasteiger partial charge < -0.3 is 25.2 Å². The summed E-state index contributed by atoms with van der Waals surface area (Å²) in [6, 6.07) is 0. The first-order valence-electron chi connectivity index (χ1n) is 20.6. The van der Waals surface area contributed by atoms with Crippen LogP contribution in [-0.2, 0) is 27.9 Å². The molecular weight excluding hydrogens is 689 g/mol. The van der Waals surface area contributed by atoms with Crippen molar-refractivity contribution in [3.8, 4) is 0 Å². The lowest BCUT2D eigenvalue weighted by molar-refractivity contribution is -0.147. The summed E-state index contributed by atoms with van der Waals surface area (Å²) in [4.78, 5) is 22.2. The zero-order chi connectivity index (χ0) is 38.9. The summed E-state index contributed by atoms with van der Waals surface area (Å²) in [5, 5.41) is 10.1. The molecule has 3 atom stereocenters. The van der Waals surface area contributed by atoms with E-state index >= 15 is 0 Å². The van der Waals surface area contributed by atoms with Crippen molar-refractivity contribution >= 4 is 13.8 Å². The summed E-state index contributed by atoms with van der Waals surface area (Å²) in [5.74, 6) is -0.394. The van der Waals surface area contributed by atoms with Crippen molar-refractivity contribution in [2.24, 2.45) is 5.73 Å². The number of rotatable bonds is 38. The number of hydrogen-bond acceptors (Lipinski definition) is 8. The molecule has 53 heavy (non-hydrogen) atoms. The Labute approximate surface area is 323 Å². The van der Waals surface area contributed by atoms with Crippen molar-refractivity contribution < 1.29 is 37.9 Å². The molecule has 0 aromatic rings. The molecule has 0 heterocycles. The fraction of sp³-hybridized carbons (Fsp3) is 0.698. The number of ether oxygens (including phenoxy) is 2. The molecule has 9 nitrogen and oxygen atoms in total. The molecule has 0 spiro atoms. The SMILES string of the molecule is CCCCC/C=C\C/C=C\CC(O)/C=C\C=C\CCCC(=O)OC[C@H](COP(=O)(O)OCCN)O/C=C/CCCCCCCC/C=C\CCCCCC. The van der Waals surface area contributed by atoms with Crippen molar-refractivity contribution in [2.45, 2.75) is 167 Å². The number of aliphatic hydroxyl groups is 1. The molecule has 4 N–H and O–H groups in total. The Morgan fingerprint density at radius 1 is 0.679 bits per heavy atom. The van der Waals surface area contributed by atoms with Gasteiger partial charge in [-0.3, -0.25) is 13.8 Å². The quantitative estimate of drug-likeness (QED) is 0.0140. The Morgan fingerprint density at radius 3 is 1.92 bits per heavy atom. The van der Waals surface area contributed by atoms with E-state index in [0.717, 1.165) is 32.1 Å². The van der Waals surface area contributed by atoms with Gasteiger partial charge in [-0.25, -0.2) is 4.57 Å². The van der Waals surface area contributed by atoms with Crippen molar-refractivity contribution in [3.63, 3.8) is 0 Å². The predicted octanol–water partition coefficient (Wildman–Crippen LogP) is 11.3. The van der Waals surface area contributed by atoms with Crippen LogP contribution in [0.2, 0.25) is 0 Å². The van der Waals surface area contributed by atoms with Gasteiger partial charge in [0.25, 0.3) is 0 Å². The summed E-state index contributed by atoms with van der Waals surface area (Å²) in [6.45, 7) is 3.98. The number of esters is 1. The van der Waals surface area contributed by atoms with E-state index in [2.05, 4.69) is 44.2 Å². The van der Waals surface area contributed by atoms with Crippen LogP contribution in [0.15, 0.2) is 73.1 Å². The van der Waals surface area contributed by atoms with Crippen molar-refractivity contribution in [1.82, 2.24) is 0 Å².